The number of anilines is 1. The summed E-state index contributed by atoms with van der Waals surface area (Å²) in [4.78, 5) is 12.0. The number of carbonyl (C=O) groups is 1. The molecule has 4 heteroatoms. The highest BCUT2D eigenvalue weighted by atomic mass is 16.5. The fourth-order valence-electron chi connectivity index (χ4n) is 2.01. The monoisotopic (exact) mass is 311 g/mol. The van der Waals surface area contributed by atoms with Crippen molar-refractivity contribution in [2.24, 2.45) is 0 Å². The zero-order chi connectivity index (χ0) is 16.5. The number of amides is 1. The molecule has 1 amide bonds. The molecule has 0 atom stereocenters. The van der Waals surface area contributed by atoms with Crippen LogP contribution in [0.3, 0.4) is 0 Å². The number of methoxy groups -OCH3 is 1. The fourth-order valence-corrected chi connectivity index (χ4v) is 2.01. The minimum atomic E-state index is -0.196. The Morgan fingerprint density at radius 3 is 2.57 bits per heavy atom. The third-order valence-corrected chi connectivity index (χ3v) is 3.15. The average molecular weight is 311 g/mol. The number of hydrogen-bond donors (Lipinski definition) is 1. The lowest BCUT2D eigenvalue weighted by Gasteiger charge is -2.06. The second-order valence-electron chi connectivity index (χ2n) is 4.94. The Bertz CT molecular complexity index is 663. The predicted molar refractivity (Wildman–Crippen MR) is 92.9 cm³/mol. The van der Waals surface area contributed by atoms with Crippen LogP contribution in [0.2, 0.25) is 0 Å². The second kappa shape index (κ2) is 8.63. The van der Waals surface area contributed by atoms with Crippen LogP contribution in [0.5, 0.6) is 11.5 Å². The highest BCUT2D eigenvalue weighted by molar-refractivity contribution is 6.02. The van der Waals surface area contributed by atoms with Gasteiger partial charge in [-0.25, -0.2) is 0 Å². The standard InChI is InChI=1S/C19H21NO3/c1-3-14-23-17-11-9-16(10-12-17)20-19(21)13-8-15-6-4-5-7-18(15)22-2/h4-13H,3,14H2,1-2H3,(H,20,21). The summed E-state index contributed by atoms with van der Waals surface area (Å²) in [6.07, 6.45) is 4.18. The van der Waals surface area contributed by atoms with E-state index in [4.69, 9.17) is 9.47 Å². The van der Waals surface area contributed by atoms with Crippen molar-refractivity contribution >= 4 is 17.7 Å². The van der Waals surface area contributed by atoms with E-state index in [1.807, 2.05) is 48.5 Å². The second-order valence-corrected chi connectivity index (χ2v) is 4.94. The first kappa shape index (κ1) is 16.6. The van der Waals surface area contributed by atoms with Crippen molar-refractivity contribution in [1.82, 2.24) is 0 Å². The molecule has 0 heterocycles. The van der Waals surface area contributed by atoms with Crippen LogP contribution in [0.15, 0.2) is 54.6 Å². The number of benzene rings is 2. The molecule has 0 radical (unpaired) electrons. The van der Waals surface area contributed by atoms with Crippen molar-refractivity contribution in [2.75, 3.05) is 19.0 Å². The minimum absolute atomic E-state index is 0.196. The summed E-state index contributed by atoms with van der Waals surface area (Å²) in [6.45, 7) is 2.75. The van der Waals surface area contributed by atoms with E-state index in [0.717, 1.165) is 29.2 Å². The molecule has 2 rings (SSSR count). The summed E-state index contributed by atoms with van der Waals surface area (Å²) >= 11 is 0. The van der Waals surface area contributed by atoms with Crippen LogP contribution in [-0.2, 0) is 4.79 Å². The summed E-state index contributed by atoms with van der Waals surface area (Å²) in [5.74, 6) is 1.33. The molecule has 0 bridgehead atoms. The molecule has 23 heavy (non-hydrogen) atoms. The molecule has 4 nitrogen and oxygen atoms in total. The minimum Gasteiger partial charge on any atom is -0.496 e. The van der Waals surface area contributed by atoms with Crippen molar-refractivity contribution in [3.8, 4) is 11.5 Å². The van der Waals surface area contributed by atoms with Gasteiger partial charge in [0, 0.05) is 17.3 Å². The lowest BCUT2D eigenvalue weighted by molar-refractivity contribution is -0.111. The molecule has 0 saturated carbocycles. The smallest absolute Gasteiger partial charge is 0.248 e. The van der Waals surface area contributed by atoms with E-state index in [1.54, 1.807) is 13.2 Å². The SMILES string of the molecule is CCCOc1ccc(NC(=O)C=Cc2ccccc2OC)cc1. The molecule has 0 saturated heterocycles. The van der Waals surface area contributed by atoms with Crippen LogP contribution in [0.4, 0.5) is 5.69 Å². The Morgan fingerprint density at radius 1 is 1.13 bits per heavy atom. The zero-order valence-corrected chi connectivity index (χ0v) is 13.4. The number of carbonyl (C=O) groups excluding carboxylic acids is 1. The number of nitrogens with one attached hydrogen (secondary N) is 1. The van der Waals surface area contributed by atoms with Crippen molar-refractivity contribution in [3.63, 3.8) is 0 Å². The Labute approximate surface area is 136 Å². The van der Waals surface area contributed by atoms with Gasteiger partial charge in [0.2, 0.25) is 5.91 Å². The van der Waals surface area contributed by atoms with E-state index in [2.05, 4.69) is 12.2 Å². The Balaban J connectivity index is 1.95. The first-order valence-electron chi connectivity index (χ1n) is 7.58. The normalized spacial score (nSPS) is 10.5. The van der Waals surface area contributed by atoms with Crippen molar-refractivity contribution in [3.05, 3.63) is 60.2 Å². The average Bonchev–Trinajstić information content (AvgIpc) is 2.59. The molecule has 0 aliphatic carbocycles. The van der Waals surface area contributed by atoms with Gasteiger partial charge in [0.1, 0.15) is 11.5 Å². The van der Waals surface area contributed by atoms with Crippen molar-refractivity contribution in [2.45, 2.75) is 13.3 Å². The Hall–Kier alpha value is -2.75. The molecule has 0 unspecified atom stereocenters. The van der Waals surface area contributed by atoms with E-state index in [9.17, 15) is 4.79 Å². The van der Waals surface area contributed by atoms with Gasteiger partial charge in [-0.3, -0.25) is 4.79 Å². The van der Waals surface area contributed by atoms with Crippen molar-refractivity contribution < 1.29 is 14.3 Å². The van der Waals surface area contributed by atoms with Crippen molar-refractivity contribution in [1.29, 1.82) is 0 Å². The molecular weight excluding hydrogens is 290 g/mol. The van der Waals surface area contributed by atoms with Gasteiger partial charge in [-0.05, 0) is 42.8 Å². The Kier molecular flexibility index (Phi) is 6.24. The summed E-state index contributed by atoms with van der Waals surface area (Å²) in [5.41, 5.74) is 1.58. The first-order chi connectivity index (χ1) is 11.2. The lowest BCUT2D eigenvalue weighted by Crippen LogP contribution is -2.07. The first-order valence-corrected chi connectivity index (χ1v) is 7.58. The van der Waals surface area contributed by atoms with Crippen LogP contribution < -0.4 is 14.8 Å². The van der Waals surface area contributed by atoms with Gasteiger partial charge in [-0.2, -0.15) is 0 Å². The molecule has 0 aliphatic rings. The maximum atomic E-state index is 12.0. The fraction of sp³-hybridized carbons (Fsp3) is 0.211. The van der Waals surface area contributed by atoms with E-state index in [-0.39, 0.29) is 5.91 Å². The molecular formula is C19H21NO3. The predicted octanol–water partition coefficient (Wildman–Crippen LogP) is 4.14. The molecule has 0 fully saturated rings. The van der Waals surface area contributed by atoms with Gasteiger partial charge >= 0.3 is 0 Å². The van der Waals surface area contributed by atoms with Crippen LogP contribution in [0.25, 0.3) is 6.08 Å². The molecule has 2 aromatic carbocycles. The quantitative estimate of drug-likeness (QED) is 0.782. The van der Waals surface area contributed by atoms with E-state index in [1.165, 1.54) is 6.08 Å². The lowest BCUT2D eigenvalue weighted by atomic mass is 10.2. The molecule has 0 aromatic heterocycles. The van der Waals surface area contributed by atoms with Crippen LogP contribution in [0.1, 0.15) is 18.9 Å². The highest BCUT2D eigenvalue weighted by Gasteiger charge is 2.01. The van der Waals surface area contributed by atoms with Gasteiger partial charge < -0.3 is 14.8 Å². The van der Waals surface area contributed by atoms with E-state index < -0.39 is 0 Å². The van der Waals surface area contributed by atoms with Crippen LogP contribution in [0, 0.1) is 0 Å². The zero-order valence-electron chi connectivity index (χ0n) is 13.4. The van der Waals surface area contributed by atoms with Crippen LogP contribution in [-0.4, -0.2) is 19.6 Å². The van der Waals surface area contributed by atoms with Crippen LogP contribution >= 0.6 is 0 Å². The molecule has 0 aliphatic heterocycles. The van der Waals surface area contributed by atoms with Gasteiger partial charge in [0.05, 0.1) is 13.7 Å². The number of hydrogen-bond acceptors (Lipinski definition) is 3. The number of para-hydroxylation sites is 1. The van der Waals surface area contributed by atoms with E-state index >= 15 is 0 Å². The molecule has 120 valence electrons. The number of rotatable bonds is 7. The van der Waals surface area contributed by atoms with Gasteiger partial charge in [0.25, 0.3) is 0 Å². The topological polar surface area (TPSA) is 47.6 Å². The third-order valence-electron chi connectivity index (χ3n) is 3.15. The van der Waals surface area contributed by atoms with Gasteiger partial charge in [-0.15, -0.1) is 0 Å². The summed E-state index contributed by atoms with van der Waals surface area (Å²) in [6, 6.07) is 14.9. The maximum Gasteiger partial charge on any atom is 0.248 e. The molecule has 1 N–H and O–H groups in total. The van der Waals surface area contributed by atoms with Gasteiger partial charge in [-0.1, -0.05) is 25.1 Å². The highest BCUT2D eigenvalue weighted by Crippen LogP contribution is 2.19. The molecule has 0 spiro atoms. The molecule has 2 aromatic rings. The number of ether oxygens (including phenoxy) is 2. The van der Waals surface area contributed by atoms with Gasteiger partial charge in [0.15, 0.2) is 0 Å². The van der Waals surface area contributed by atoms with E-state index in [0.29, 0.717) is 6.61 Å². The summed E-state index contributed by atoms with van der Waals surface area (Å²) in [5, 5.41) is 2.81. The summed E-state index contributed by atoms with van der Waals surface area (Å²) in [7, 11) is 1.61. The summed E-state index contributed by atoms with van der Waals surface area (Å²) < 4.78 is 10.7. The maximum absolute atomic E-state index is 12.0. The Morgan fingerprint density at radius 2 is 1.87 bits per heavy atom. The third kappa shape index (κ3) is 5.18. The largest absolute Gasteiger partial charge is 0.496 e.